The second-order valence-electron chi connectivity index (χ2n) is 7.00. The van der Waals surface area contributed by atoms with Crippen LogP contribution in [0, 0.1) is 5.92 Å². The lowest BCUT2D eigenvalue weighted by molar-refractivity contribution is -0.117. The fraction of sp³-hybridized carbons (Fsp3) is 0.364. The minimum absolute atomic E-state index is 0.194. The van der Waals surface area contributed by atoms with E-state index in [-0.39, 0.29) is 5.91 Å². The van der Waals surface area contributed by atoms with Crippen LogP contribution in [-0.4, -0.2) is 24.1 Å². The lowest BCUT2D eigenvalue weighted by Crippen LogP contribution is -2.33. The van der Waals surface area contributed by atoms with Gasteiger partial charge in [0, 0.05) is 30.9 Å². The minimum Gasteiger partial charge on any atom is -0.362 e. The van der Waals surface area contributed by atoms with Gasteiger partial charge in [0.1, 0.15) is 0 Å². The lowest BCUT2D eigenvalue weighted by atomic mass is 9.97. The Labute approximate surface area is 167 Å². The number of carbonyl (C=O) groups is 1. The third kappa shape index (κ3) is 5.54. The molecule has 4 nitrogen and oxygen atoms in total. The zero-order valence-corrected chi connectivity index (χ0v) is 16.6. The Bertz CT molecular complexity index is 778. The van der Waals surface area contributed by atoms with Gasteiger partial charge in [-0.05, 0) is 54.7 Å². The Kier molecular flexibility index (Phi) is 6.82. The second kappa shape index (κ2) is 9.51. The monoisotopic (exact) mass is 381 g/mol. The topological polar surface area (TPSA) is 44.4 Å². The van der Waals surface area contributed by atoms with E-state index in [4.69, 9.17) is 12.2 Å². The van der Waals surface area contributed by atoms with Gasteiger partial charge < -0.3 is 15.5 Å². The molecule has 1 aliphatic rings. The van der Waals surface area contributed by atoms with E-state index in [0.29, 0.717) is 17.5 Å². The molecule has 2 aromatic carbocycles. The van der Waals surface area contributed by atoms with Crippen LogP contribution >= 0.6 is 12.2 Å². The summed E-state index contributed by atoms with van der Waals surface area (Å²) in [7, 11) is 0. The molecule has 2 N–H and O–H groups in total. The second-order valence-corrected chi connectivity index (χ2v) is 7.41. The predicted octanol–water partition coefficient (Wildman–Crippen LogP) is 4.37. The van der Waals surface area contributed by atoms with Crippen LogP contribution in [0.2, 0.25) is 0 Å². The average Bonchev–Trinajstić information content (AvgIpc) is 3.12. The van der Waals surface area contributed by atoms with Gasteiger partial charge in [-0.3, -0.25) is 4.79 Å². The summed E-state index contributed by atoms with van der Waals surface area (Å²) < 4.78 is 0. The molecule has 0 aliphatic carbocycles. The van der Waals surface area contributed by atoms with Crippen LogP contribution in [0.25, 0.3) is 0 Å². The van der Waals surface area contributed by atoms with Gasteiger partial charge in [-0.15, -0.1) is 0 Å². The fourth-order valence-electron chi connectivity index (χ4n) is 3.39. The molecule has 1 fully saturated rings. The van der Waals surface area contributed by atoms with Crippen molar-refractivity contribution in [2.24, 2.45) is 5.92 Å². The van der Waals surface area contributed by atoms with Crippen molar-refractivity contribution < 1.29 is 4.79 Å². The van der Waals surface area contributed by atoms with Crippen LogP contribution in [0.5, 0.6) is 0 Å². The van der Waals surface area contributed by atoms with Gasteiger partial charge in [-0.25, -0.2) is 0 Å². The summed E-state index contributed by atoms with van der Waals surface area (Å²) in [5.74, 6) is 0.722. The van der Waals surface area contributed by atoms with Gasteiger partial charge in [0.15, 0.2) is 5.11 Å². The SMILES string of the molecule is CC[C@H](CNC(=S)Nc1cccc(N2CCCC2=O)c1)Cc1ccccc1. The standard InChI is InChI=1S/C22H27N3OS/c1-2-17(14-18-8-4-3-5-9-18)16-23-22(27)24-19-10-6-11-20(15-19)25-13-7-12-21(25)26/h3-6,8-11,15,17H,2,7,12-14,16H2,1H3,(H2,23,24,27)/t17-/m0/s1. The summed E-state index contributed by atoms with van der Waals surface area (Å²) in [4.78, 5) is 13.8. The summed E-state index contributed by atoms with van der Waals surface area (Å²) in [5, 5.41) is 7.20. The Morgan fingerprint density at radius 2 is 2.00 bits per heavy atom. The molecule has 1 saturated heterocycles. The van der Waals surface area contributed by atoms with Crippen molar-refractivity contribution in [1.29, 1.82) is 0 Å². The number of rotatable bonds is 7. The molecular weight excluding hydrogens is 354 g/mol. The zero-order valence-electron chi connectivity index (χ0n) is 15.8. The van der Waals surface area contributed by atoms with E-state index in [1.165, 1.54) is 5.56 Å². The maximum Gasteiger partial charge on any atom is 0.227 e. The predicted molar refractivity (Wildman–Crippen MR) is 116 cm³/mol. The third-order valence-corrected chi connectivity index (χ3v) is 5.23. The number of hydrogen-bond donors (Lipinski definition) is 2. The first-order chi connectivity index (χ1) is 13.2. The number of thiocarbonyl (C=S) groups is 1. The molecule has 0 radical (unpaired) electrons. The maximum atomic E-state index is 11.9. The van der Waals surface area contributed by atoms with E-state index >= 15 is 0 Å². The Morgan fingerprint density at radius 1 is 1.19 bits per heavy atom. The van der Waals surface area contributed by atoms with Crippen molar-refractivity contribution >= 4 is 34.6 Å². The highest BCUT2D eigenvalue weighted by Gasteiger charge is 2.21. The molecule has 0 unspecified atom stereocenters. The molecule has 1 atom stereocenters. The van der Waals surface area contributed by atoms with E-state index in [9.17, 15) is 4.79 Å². The van der Waals surface area contributed by atoms with E-state index in [0.717, 1.165) is 43.7 Å². The number of carbonyl (C=O) groups excluding carboxylic acids is 1. The van der Waals surface area contributed by atoms with Gasteiger partial charge in [0.05, 0.1) is 0 Å². The third-order valence-electron chi connectivity index (χ3n) is 4.98. The first kappa shape index (κ1) is 19.4. The van der Waals surface area contributed by atoms with E-state index in [1.807, 2.05) is 35.2 Å². The summed E-state index contributed by atoms with van der Waals surface area (Å²) in [5.41, 5.74) is 3.19. The average molecular weight is 382 g/mol. The van der Waals surface area contributed by atoms with E-state index < -0.39 is 0 Å². The number of nitrogens with zero attached hydrogens (tertiary/aromatic N) is 1. The summed E-state index contributed by atoms with van der Waals surface area (Å²) in [6.07, 6.45) is 3.70. The number of hydrogen-bond acceptors (Lipinski definition) is 2. The molecular formula is C22H27N3OS. The molecule has 0 aromatic heterocycles. The number of amides is 1. The minimum atomic E-state index is 0.194. The molecule has 1 heterocycles. The number of nitrogens with one attached hydrogen (secondary N) is 2. The highest BCUT2D eigenvalue weighted by atomic mass is 32.1. The summed E-state index contributed by atoms with van der Waals surface area (Å²) in [6.45, 7) is 3.84. The van der Waals surface area contributed by atoms with E-state index in [1.54, 1.807) is 0 Å². The molecule has 1 aliphatic heterocycles. The highest BCUT2D eigenvalue weighted by Crippen LogP contribution is 2.24. The van der Waals surface area contributed by atoms with Gasteiger partial charge >= 0.3 is 0 Å². The smallest absolute Gasteiger partial charge is 0.227 e. The molecule has 0 saturated carbocycles. The Morgan fingerprint density at radius 3 is 2.70 bits per heavy atom. The van der Waals surface area contributed by atoms with Crippen LogP contribution in [-0.2, 0) is 11.2 Å². The molecule has 2 aromatic rings. The number of benzene rings is 2. The van der Waals surface area contributed by atoms with Crippen molar-refractivity contribution in [3.8, 4) is 0 Å². The largest absolute Gasteiger partial charge is 0.362 e. The quantitative estimate of drug-likeness (QED) is 0.699. The maximum absolute atomic E-state index is 11.9. The number of anilines is 2. The van der Waals surface area contributed by atoms with Crippen LogP contribution in [0.4, 0.5) is 11.4 Å². The lowest BCUT2D eigenvalue weighted by Gasteiger charge is -2.19. The molecule has 3 rings (SSSR count). The molecule has 0 bridgehead atoms. The van der Waals surface area contributed by atoms with Crippen molar-refractivity contribution in [1.82, 2.24) is 5.32 Å². The van der Waals surface area contributed by atoms with Gasteiger partial charge in [-0.2, -0.15) is 0 Å². The normalized spacial score (nSPS) is 14.9. The molecule has 1 amide bonds. The van der Waals surface area contributed by atoms with Crippen molar-refractivity contribution in [2.75, 3.05) is 23.3 Å². The summed E-state index contributed by atoms with van der Waals surface area (Å²) in [6, 6.07) is 18.4. The van der Waals surface area contributed by atoms with Crippen molar-refractivity contribution in [2.45, 2.75) is 32.6 Å². The van der Waals surface area contributed by atoms with Crippen LogP contribution in [0.15, 0.2) is 54.6 Å². The van der Waals surface area contributed by atoms with Crippen molar-refractivity contribution in [3.05, 3.63) is 60.2 Å². The molecule has 142 valence electrons. The molecule has 0 spiro atoms. The van der Waals surface area contributed by atoms with E-state index in [2.05, 4.69) is 41.8 Å². The van der Waals surface area contributed by atoms with Crippen LogP contribution in [0.3, 0.4) is 0 Å². The summed E-state index contributed by atoms with van der Waals surface area (Å²) >= 11 is 5.47. The molecule has 5 heteroatoms. The van der Waals surface area contributed by atoms with Crippen LogP contribution in [0.1, 0.15) is 31.7 Å². The highest BCUT2D eigenvalue weighted by molar-refractivity contribution is 7.80. The fourth-order valence-corrected chi connectivity index (χ4v) is 3.59. The van der Waals surface area contributed by atoms with Gasteiger partial charge in [-0.1, -0.05) is 49.7 Å². The van der Waals surface area contributed by atoms with Crippen LogP contribution < -0.4 is 15.5 Å². The zero-order chi connectivity index (χ0) is 19.1. The first-order valence-corrected chi connectivity index (χ1v) is 10.1. The Hall–Kier alpha value is -2.40. The van der Waals surface area contributed by atoms with Gasteiger partial charge in [0.25, 0.3) is 0 Å². The van der Waals surface area contributed by atoms with Gasteiger partial charge in [0.2, 0.25) is 5.91 Å². The van der Waals surface area contributed by atoms with Crippen molar-refractivity contribution in [3.63, 3.8) is 0 Å². The Balaban J connectivity index is 1.52. The first-order valence-electron chi connectivity index (χ1n) is 9.65. The molecule has 27 heavy (non-hydrogen) atoms.